The molecule has 2 aromatic carbocycles. The molecule has 1 aliphatic heterocycles. The van der Waals surface area contributed by atoms with Gasteiger partial charge in [-0.05, 0) is 56.7 Å². The summed E-state index contributed by atoms with van der Waals surface area (Å²) in [6.45, 7) is 6.08. The minimum absolute atomic E-state index is 0.110. The van der Waals surface area contributed by atoms with Gasteiger partial charge in [0, 0.05) is 4.90 Å². The van der Waals surface area contributed by atoms with Crippen molar-refractivity contribution in [3.63, 3.8) is 0 Å². The number of sulfone groups is 1. The van der Waals surface area contributed by atoms with Crippen molar-refractivity contribution in [3.8, 4) is 5.75 Å². The molecule has 29 heavy (non-hydrogen) atoms. The standard InChI is InChI=1S/C21H25NO5S2/c1-21(2,3)27-20(23)22-12-13-26-15-8-10-16(11-9-15)28-18-14-29(24,25)19-7-5-4-6-17(18)19/h4-11,18H,12-14H2,1-3H3,(H,22,23). The number of carbonyl (C=O) groups excluding carboxylic acids is 1. The average molecular weight is 436 g/mol. The van der Waals surface area contributed by atoms with E-state index in [-0.39, 0.29) is 11.0 Å². The zero-order valence-electron chi connectivity index (χ0n) is 16.7. The van der Waals surface area contributed by atoms with Gasteiger partial charge in [-0.15, -0.1) is 11.8 Å². The van der Waals surface area contributed by atoms with Crippen molar-refractivity contribution in [2.24, 2.45) is 0 Å². The second-order valence-corrected chi connectivity index (χ2v) is 11.0. The number of benzene rings is 2. The Kier molecular flexibility index (Phi) is 6.43. The summed E-state index contributed by atoms with van der Waals surface area (Å²) >= 11 is 1.53. The topological polar surface area (TPSA) is 81.7 Å². The van der Waals surface area contributed by atoms with Crippen LogP contribution in [0.4, 0.5) is 4.79 Å². The number of amides is 1. The van der Waals surface area contributed by atoms with Crippen molar-refractivity contribution in [1.29, 1.82) is 0 Å². The third kappa shape index (κ3) is 5.90. The number of hydrogen-bond acceptors (Lipinski definition) is 6. The van der Waals surface area contributed by atoms with Gasteiger partial charge in [-0.2, -0.15) is 0 Å². The lowest BCUT2D eigenvalue weighted by molar-refractivity contribution is 0.0520. The number of carbonyl (C=O) groups is 1. The van der Waals surface area contributed by atoms with Crippen LogP contribution in [0, 0.1) is 0 Å². The summed E-state index contributed by atoms with van der Waals surface area (Å²) < 4.78 is 35.4. The Morgan fingerprint density at radius 3 is 2.52 bits per heavy atom. The first-order valence-electron chi connectivity index (χ1n) is 9.32. The van der Waals surface area contributed by atoms with E-state index in [0.717, 1.165) is 10.5 Å². The molecule has 1 unspecified atom stereocenters. The van der Waals surface area contributed by atoms with Crippen LogP contribution in [0.1, 0.15) is 31.6 Å². The summed E-state index contributed by atoms with van der Waals surface area (Å²) in [5.41, 5.74) is 0.337. The van der Waals surface area contributed by atoms with Gasteiger partial charge in [0.05, 0.1) is 22.4 Å². The minimum Gasteiger partial charge on any atom is -0.492 e. The molecule has 0 fully saturated rings. The summed E-state index contributed by atoms with van der Waals surface area (Å²) in [5.74, 6) is 0.797. The van der Waals surface area contributed by atoms with E-state index in [4.69, 9.17) is 9.47 Å². The number of rotatable bonds is 6. The van der Waals surface area contributed by atoms with Gasteiger partial charge in [0.25, 0.3) is 0 Å². The molecule has 0 spiro atoms. The molecule has 3 rings (SSSR count). The smallest absolute Gasteiger partial charge is 0.407 e. The Labute approximate surface area is 175 Å². The fourth-order valence-corrected chi connectivity index (χ4v) is 6.37. The molecule has 0 bridgehead atoms. The second kappa shape index (κ2) is 8.67. The van der Waals surface area contributed by atoms with E-state index in [1.807, 2.05) is 57.2 Å². The molecule has 0 saturated heterocycles. The number of hydrogen-bond donors (Lipinski definition) is 1. The lowest BCUT2D eigenvalue weighted by atomic mass is 10.2. The van der Waals surface area contributed by atoms with Crippen LogP contribution in [0.25, 0.3) is 0 Å². The summed E-state index contributed by atoms with van der Waals surface area (Å²) in [6.07, 6.45) is -0.473. The maximum absolute atomic E-state index is 12.3. The Balaban J connectivity index is 1.50. The Hall–Kier alpha value is -2.19. The SMILES string of the molecule is CC(C)(C)OC(=O)NCCOc1ccc(SC2CS(=O)(=O)c3ccccc32)cc1. The molecule has 1 N–H and O–H groups in total. The number of fused-ring (bicyclic) bond motifs is 1. The van der Waals surface area contributed by atoms with E-state index in [0.29, 0.717) is 23.8 Å². The zero-order valence-corrected chi connectivity index (χ0v) is 18.3. The van der Waals surface area contributed by atoms with Gasteiger partial charge in [-0.3, -0.25) is 0 Å². The molecular weight excluding hydrogens is 410 g/mol. The van der Waals surface area contributed by atoms with E-state index in [1.165, 1.54) is 11.8 Å². The van der Waals surface area contributed by atoms with E-state index in [9.17, 15) is 13.2 Å². The Bertz CT molecular complexity index is 965. The van der Waals surface area contributed by atoms with Gasteiger partial charge >= 0.3 is 6.09 Å². The van der Waals surface area contributed by atoms with Crippen LogP contribution in [0.2, 0.25) is 0 Å². The number of ether oxygens (including phenoxy) is 2. The number of thioether (sulfide) groups is 1. The van der Waals surface area contributed by atoms with Gasteiger partial charge in [0.2, 0.25) is 0 Å². The van der Waals surface area contributed by atoms with Crippen LogP contribution in [0.5, 0.6) is 5.75 Å². The van der Waals surface area contributed by atoms with Crippen molar-refractivity contribution in [3.05, 3.63) is 54.1 Å². The molecule has 1 heterocycles. The molecule has 1 atom stereocenters. The fraction of sp³-hybridized carbons (Fsp3) is 0.381. The van der Waals surface area contributed by atoms with Crippen LogP contribution in [-0.2, 0) is 14.6 Å². The number of alkyl carbamates (subject to hydrolysis) is 1. The molecule has 6 nitrogen and oxygen atoms in total. The Morgan fingerprint density at radius 2 is 1.83 bits per heavy atom. The van der Waals surface area contributed by atoms with Crippen LogP contribution >= 0.6 is 11.8 Å². The highest BCUT2D eigenvalue weighted by atomic mass is 32.2. The third-order valence-electron chi connectivity index (χ3n) is 4.11. The van der Waals surface area contributed by atoms with E-state index < -0.39 is 21.5 Å². The fourth-order valence-electron chi connectivity index (χ4n) is 2.92. The first kappa shape index (κ1) is 21.5. The molecule has 156 valence electrons. The molecule has 0 radical (unpaired) electrons. The van der Waals surface area contributed by atoms with E-state index >= 15 is 0 Å². The number of nitrogens with one attached hydrogen (secondary N) is 1. The normalized spacial score (nSPS) is 17.4. The van der Waals surface area contributed by atoms with Crippen LogP contribution in [0.15, 0.2) is 58.3 Å². The first-order chi connectivity index (χ1) is 13.6. The largest absolute Gasteiger partial charge is 0.492 e. The van der Waals surface area contributed by atoms with Gasteiger partial charge in [0.1, 0.15) is 18.0 Å². The molecule has 0 saturated carbocycles. The van der Waals surface area contributed by atoms with Crippen LogP contribution < -0.4 is 10.1 Å². The van der Waals surface area contributed by atoms with Gasteiger partial charge in [-0.1, -0.05) is 18.2 Å². The molecule has 0 aliphatic carbocycles. The van der Waals surface area contributed by atoms with Crippen LogP contribution in [-0.4, -0.2) is 39.0 Å². The lowest BCUT2D eigenvalue weighted by Crippen LogP contribution is -2.34. The van der Waals surface area contributed by atoms with Crippen molar-refractivity contribution >= 4 is 27.7 Å². The molecule has 1 aliphatic rings. The molecule has 8 heteroatoms. The summed E-state index contributed by atoms with van der Waals surface area (Å²) in [5, 5.41) is 2.53. The van der Waals surface area contributed by atoms with E-state index in [1.54, 1.807) is 12.1 Å². The van der Waals surface area contributed by atoms with Gasteiger partial charge in [0.15, 0.2) is 9.84 Å². The third-order valence-corrected chi connectivity index (χ3v) is 7.39. The van der Waals surface area contributed by atoms with Crippen molar-refractivity contribution < 1.29 is 22.7 Å². The van der Waals surface area contributed by atoms with E-state index in [2.05, 4.69) is 5.32 Å². The monoisotopic (exact) mass is 435 g/mol. The van der Waals surface area contributed by atoms with Crippen molar-refractivity contribution in [1.82, 2.24) is 5.32 Å². The average Bonchev–Trinajstić information content (AvgIpc) is 2.89. The molecule has 0 aromatic heterocycles. The first-order valence-corrected chi connectivity index (χ1v) is 11.9. The van der Waals surface area contributed by atoms with Gasteiger partial charge in [-0.25, -0.2) is 13.2 Å². The van der Waals surface area contributed by atoms with Crippen molar-refractivity contribution in [2.75, 3.05) is 18.9 Å². The summed E-state index contributed by atoms with van der Waals surface area (Å²) in [4.78, 5) is 13.0. The zero-order chi connectivity index (χ0) is 21.1. The maximum Gasteiger partial charge on any atom is 0.407 e. The quantitative estimate of drug-likeness (QED) is 0.685. The maximum atomic E-state index is 12.3. The van der Waals surface area contributed by atoms with Gasteiger partial charge < -0.3 is 14.8 Å². The highest BCUT2D eigenvalue weighted by Crippen LogP contribution is 2.44. The molecular formula is C21H25NO5S2. The minimum atomic E-state index is -3.21. The Morgan fingerprint density at radius 1 is 1.14 bits per heavy atom. The lowest BCUT2D eigenvalue weighted by Gasteiger charge is -2.19. The predicted molar refractivity (Wildman–Crippen MR) is 113 cm³/mol. The second-order valence-electron chi connectivity index (χ2n) is 7.67. The highest BCUT2D eigenvalue weighted by molar-refractivity contribution is 8.01. The van der Waals surface area contributed by atoms with Crippen LogP contribution in [0.3, 0.4) is 0 Å². The summed E-state index contributed by atoms with van der Waals surface area (Å²) in [7, 11) is -3.21. The highest BCUT2D eigenvalue weighted by Gasteiger charge is 2.34. The molecule has 2 aromatic rings. The summed E-state index contributed by atoms with van der Waals surface area (Å²) in [6, 6.07) is 14.7. The van der Waals surface area contributed by atoms with Crippen molar-refractivity contribution in [2.45, 2.75) is 41.4 Å². The molecule has 1 amide bonds. The predicted octanol–water partition coefficient (Wildman–Crippen LogP) is 4.21.